The first-order valence-corrected chi connectivity index (χ1v) is 9.61. The first-order chi connectivity index (χ1) is 12.8. The molecule has 0 aliphatic heterocycles. The molecule has 0 saturated carbocycles. The normalized spacial score (nSPS) is 11.2. The minimum atomic E-state index is -3.73. The zero-order chi connectivity index (χ0) is 19.9. The van der Waals surface area contributed by atoms with E-state index in [1.165, 1.54) is 31.4 Å². The van der Waals surface area contributed by atoms with E-state index >= 15 is 0 Å². The van der Waals surface area contributed by atoms with Gasteiger partial charge in [-0.3, -0.25) is 4.72 Å². The van der Waals surface area contributed by atoms with Crippen LogP contribution in [0.2, 0.25) is 0 Å². The minimum absolute atomic E-state index is 0.0705. The molecular formula is C19H18ClNO5S. The van der Waals surface area contributed by atoms with Gasteiger partial charge < -0.3 is 9.47 Å². The van der Waals surface area contributed by atoms with E-state index in [2.05, 4.69) is 11.3 Å². The van der Waals surface area contributed by atoms with Crippen molar-refractivity contribution in [2.75, 3.05) is 18.4 Å². The van der Waals surface area contributed by atoms with Crippen molar-refractivity contribution in [2.45, 2.75) is 4.90 Å². The van der Waals surface area contributed by atoms with Gasteiger partial charge in [0.05, 0.1) is 12.0 Å². The number of anilines is 1. The molecular weight excluding hydrogens is 390 g/mol. The van der Waals surface area contributed by atoms with E-state index in [0.717, 1.165) is 0 Å². The maximum atomic E-state index is 12.4. The molecule has 0 heterocycles. The maximum absolute atomic E-state index is 12.4. The zero-order valence-electron chi connectivity index (χ0n) is 14.5. The lowest BCUT2D eigenvalue weighted by atomic mass is 10.2. The fourth-order valence-electron chi connectivity index (χ4n) is 1.99. The molecule has 0 radical (unpaired) electrons. The van der Waals surface area contributed by atoms with Gasteiger partial charge in [0, 0.05) is 16.8 Å². The highest BCUT2D eigenvalue weighted by Gasteiger charge is 2.13. The molecule has 2 rings (SSSR count). The number of esters is 1. The number of benzene rings is 2. The second-order valence-corrected chi connectivity index (χ2v) is 7.58. The molecule has 0 spiro atoms. The summed E-state index contributed by atoms with van der Waals surface area (Å²) in [6, 6.07) is 12.6. The van der Waals surface area contributed by atoms with Crippen LogP contribution in [0, 0.1) is 0 Å². The monoisotopic (exact) mass is 407 g/mol. The third-order valence-corrected chi connectivity index (χ3v) is 4.82. The largest absolute Gasteiger partial charge is 0.497 e. The number of methoxy groups -OCH3 is 1. The highest BCUT2D eigenvalue weighted by molar-refractivity contribution is 7.92. The van der Waals surface area contributed by atoms with Crippen molar-refractivity contribution in [3.8, 4) is 5.75 Å². The van der Waals surface area contributed by atoms with E-state index in [9.17, 15) is 13.2 Å². The Morgan fingerprint density at radius 2 is 1.78 bits per heavy atom. The van der Waals surface area contributed by atoms with Gasteiger partial charge in [-0.05, 0) is 48.0 Å². The molecule has 1 N–H and O–H groups in total. The number of halogens is 1. The van der Waals surface area contributed by atoms with Gasteiger partial charge in [-0.1, -0.05) is 30.3 Å². The van der Waals surface area contributed by atoms with Gasteiger partial charge in [0.1, 0.15) is 12.4 Å². The quantitative estimate of drug-likeness (QED) is 0.531. The predicted octanol–water partition coefficient (Wildman–Crippen LogP) is 3.80. The predicted molar refractivity (Wildman–Crippen MR) is 105 cm³/mol. The highest BCUT2D eigenvalue weighted by atomic mass is 35.5. The average Bonchev–Trinajstić information content (AvgIpc) is 2.65. The molecule has 8 heteroatoms. The number of nitrogens with one attached hydrogen (secondary N) is 1. The van der Waals surface area contributed by atoms with Crippen LogP contribution in [0.3, 0.4) is 0 Å². The Bertz CT molecular complexity index is 935. The maximum Gasteiger partial charge on any atom is 0.331 e. The SMILES string of the molecule is C=C(Cl)COC(=O)/C=C/c1ccc(S(=O)(=O)Nc2ccc(OC)cc2)cc1. The van der Waals surface area contributed by atoms with Crippen LogP contribution < -0.4 is 9.46 Å². The standard InChI is InChI=1S/C19H18ClNO5S/c1-14(20)13-26-19(22)12-5-15-3-10-18(11-4-15)27(23,24)21-16-6-8-17(25-2)9-7-16/h3-12,21H,1,13H2,2H3/b12-5+. The summed E-state index contributed by atoms with van der Waals surface area (Å²) in [7, 11) is -2.20. The van der Waals surface area contributed by atoms with Gasteiger partial charge in [0.25, 0.3) is 10.0 Å². The highest BCUT2D eigenvalue weighted by Crippen LogP contribution is 2.20. The van der Waals surface area contributed by atoms with E-state index in [4.69, 9.17) is 21.1 Å². The minimum Gasteiger partial charge on any atom is -0.497 e. The molecule has 0 aliphatic carbocycles. The lowest BCUT2D eigenvalue weighted by molar-refractivity contribution is -0.136. The first kappa shape index (κ1) is 20.5. The van der Waals surface area contributed by atoms with Gasteiger partial charge >= 0.3 is 5.97 Å². The molecule has 27 heavy (non-hydrogen) atoms. The number of rotatable bonds is 8. The van der Waals surface area contributed by atoms with Crippen molar-refractivity contribution in [1.29, 1.82) is 0 Å². The first-order valence-electron chi connectivity index (χ1n) is 7.75. The van der Waals surface area contributed by atoms with Gasteiger partial charge in [-0.25, -0.2) is 13.2 Å². The molecule has 0 aliphatic rings. The number of hydrogen-bond donors (Lipinski definition) is 1. The molecule has 6 nitrogen and oxygen atoms in total. The summed E-state index contributed by atoms with van der Waals surface area (Å²) in [4.78, 5) is 11.6. The van der Waals surface area contributed by atoms with Crippen molar-refractivity contribution in [1.82, 2.24) is 0 Å². The lowest BCUT2D eigenvalue weighted by Gasteiger charge is -2.09. The average molecular weight is 408 g/mol. The number of sulfonamides is 1. The van der Waals surface area contributed by atoms with Gasteiger partial charge in [-0.2, -0.15) is 0 Å². The summed E-state index contributed by atoms with van der Waals surface area (Å²) in [5.74, 6) is 0.0534. The van der Waals surface area contributed by atoms with Crippen molar-refractivity contribution in [3.05, 3.63) is 71.8 Å². The van der Waals surface area contributed by atoms with E-state index < -0.39 is 16.0 Å². The van der Waals surface area contributed by atoms with Crippen LogP contribution in [-0.2, 0) is 19.6 Å². The molecule has 0 amide bonds. The Morgan fingerprint density at radius 3 is 2.33 bits per heavy atom. The molecule has 0 aromatic heterocycles. The van der Waals surface area contributed by atoms with Crippen LogP contribution in [0.25, 0.3) is 6.08 Å². The van der Waals surface area contributed by atoms with Crippen molar-refractivity contribution in [2.24, 2.45) is 0 Å². The fourth-order valence-corrected chi connectivity index (χ4v) is 3.11. The fraction of sp³-hybridized carbons (Fsp3) is 0.105. The number of hydrogen-bond acceptors (Lipinski definition) is 5. The topological polar surface area (TPSA) is 81.7 Å². The summed E-state index contributed by atoms with van der Waals surface area (Å²) in [6.45, 7) is 3.34. The van der Waals surface area contributed by atoms with Crippen molar-refractivity contribution in [3.63, 3.8) is 0 Å². The third kappa shape index (κ3) is 6.47. The molecule has 2 aromatic carbocycles. The smallest absolute Gasteiger partial charge is 0.331 e. The second kappa shape index (κ2) is 9.25. The zero-order valence-corrected chi connectivity index (χ0v) is 16.1. The summed E-state index contributed by atoms with van der Waals surface area (Å²) in [5, 5.41) is 0.218. The van der Waals surface area contributed by atoms with Crippen LogP contribution >= 0.6 is 11.6 Å². The lowest BCUT2D eigenvalue weighted by Crippen LogP contribution is -2.12. The Labute approximate surface area is 163 Å². The van der Waals surface area contributed by atoms with E-state index in [1.807, 2.05) is 0 Å². The van der Waals surface area contributed by atoms with Crippen LogP contribution in [0.15, 0.2) is 71.1 Å². The Balaban J connectivity index is 2.04. The second-order valence-electron chi connectivity index (χ2n) is 5.36. The van der Waals surface area contributed by atoms with Crippen molar-refractivity contribution < 1.29 is 22.7 Å². The van der Waals surface area contributed by atoms with Crippen LogP contribution in [0.4, 0.5) is 5.69 Å². The van der Waals surface area contributed by atoms with Crippen LogP contribution in [0.1, 0.15) is 5.56 Å². The van der Waals surface area contributed by atoms with E-state index in [1.54, 1.807) is 36.4 Å². The van der Waals surface area contributed by atoms with Gasteiger partial charge in [0.15, 0.2) is 0 Å². The summed E-state index contributed by atoms with van der Waals surface area (Å²) in [5.41, 5.74) is 1.06. The van der Waals surface area contributed by atoms with Gasteiger partial charge in [-0.15, -0.1) is 0 Å². The Hall–Kier alpha value is -2.77. The number of carbonyl (C=O) groups is 1. The van der Waals surface area contributed by atoms with Crippen LogP contribution in [-0.4, -0.2) is 28.1 Å². The van der Waals surface area contributed by atoms with Gasteiger partial charge in [0.2, 0.25) is 0 Å². The molecule has 0 saturated heterocycles. The van der Waals surface area contributed by atoms with E-state index in [-0.39, 0.29) is 16.5 Å². The summed E-state index contributed by atoms with van der Waals surface area (Å²) >= 11 is 5.51. The Kier molecular flexibility index (Phi) is 7.04. The Morgan fingerprint density at radius 1 is 1.15 bits per heavy atom. The summed E-state index contributed by atoms with van der Waals surface area (Å²) in [6.07, 6.45) is 2.73. The van der Waals surface area contributed by atoms with Crippen molar-refractivity contribution >= 4 is 39.4 Å². The molecule has 0 fully saturated rings. The summed E-state index contributed by atoms with van der Waals surface area (Å²) < 4.78 is 37.2. The van der Waals surface area contributed by atoms with E-state index in [0.29, 0.717) is 17.0 Å². The molecule has 0 unspecified atom stereocenters. The number of ether oxygens (including phenoxy) is 2. The molecule has 0 bridgehead atoms. The molecule has 2 aromatic rings. The molecule has 0 atom stereocenters. The molecule has 142 valence electrons. The van der Waals surface area contributed by atoms with Crippen LogP contribution in [0.5, 0.6) is 5.75 Å². The number of carbonyl (C=O) groups excluding carboxylic acids is 1. The third-order valence-electron chi connectivity index (χ3n) is 3.32.